The van der Waals surface area contributed by atoms with Crippen LogP contribution in [0.4, 0.5) is 5.69 Å². The summed E-state index contributed by atoms with van der Waals surface area (Å²) in [6.45, 7) is 8.65. The first-order chi connectivity index (χ1) is 8.53. The van der Waals surface area contributed by atoms with Gasteiger partial charge < -0.3 is 14.7 Å². The van der Waals surface area contributed by atoms with Crippen LogP contribution in [0.2, 0.25) is 0 Å². The van der Waals surface area contributed by atoms with Gasteiger partial charge in [0.15, 0.2) is 0 Å². The van der Waals surface area contributed by atoms with Crippen molar-refractivity contribution in [1.82, 2.24) is 0 Å². The lowest BCUT2D eigenvalue weighted by Gasteiger charge is -2.42. The van der Waals surface area contributed by atoms with Gasteiger partial charge in [0, 0.05) is 18.8 Å². The van der Waals surface area contributed by atoms with Gasteiger partial charge in [-0.15, -0.1) is 0 Å². The molecule has 3 heteroatoms. The van der Waals surface area contributed by atoms with Crippen molar-refractivity contribution in [3.63, 3.8) is 0 Å². The summed E-state index contributed by atoms with van der Waals surface area (Å²) < 4.78 is 5.43. The molecule has 1 heterocycles. The van der Waals surface area contributed by atoms with Crippen molar-refractivity contribution >= 4 is 5.69 Å². The minimum absolute atomic E-state index is 0.0295. The highest BCUT2D eigenvalue weighted by molar-refractivity contribution is 5.49. The summed E-state index contributed by atoms with van der Waals surface area (Å²) in [6, 6.07) is 8.11. The average Bonchev–Trinajstić information content (AvgIpc) is 2.34. The van der Waals surface area contributed by atoms with E-state index in [1.807, 2.05) is 19.1 Å². The van der Waals surface area contributed by atoms with Gasteiger partial charge in [-0.05, 0) is 43.0 Å². The minimum Gasteiger partial charge on any atom is -0.494 e. The standard InChI is InChI=1S/C15H23NO2/c1-4-18-13-7-5-12(6-8-13)16-10-9-15(2,3)14(17)11-16/h5-8,14,17H,4,9-11H2,1-3H3. The maximum atomic E-state index is 10.1. The first kappa shape index (κ1) is 13.2. The Morgan fingerprint density at radius 1 is 1.33 bits per heavy atom. The molecule has 0 radical (unpaired) electrons. The van der Waals surface area contributed by atoms with Gasteiger partial charge >= 0.3 is 0 Å². The fraction of sp³-hybridized carbons (Fsp3) is 0.600. The lowest BCUT2D eigenvalue weighted by molar-refractivity contribution is 0.0351. The van der Waals surface area contributed by atoms with Crippen LogP contribution >= 0.6 is 0 Å². The van der Waals surface area contributed by atoms with Crippen LogP contribution in [0.25, 0.3) is 0 Å². The highest BCUT2D eigenvalue weighted by Crippen LogP contribution is 2.33. The molecule has 2 rings (SSSR count). The predicted molar refractivity (Wildman–Crippen MR) is 74.2 cm³/mol. The van der Waals surface area contributed by atoms with Crippen molar-refractivity contribution in [2.75, 3.05) is 24.6 Å². The largest absolute Gasteiger partial charge is 0.494 e. The SMILES string of the molecule is CCOc1ccc(N2CCC(C)(C)C(O)C2)cc1. The molecule has 0 aromatic heterocycles. The summed E-state index contributed by atoms with van der Waals surface area (Å²) in [5.74, 6) is 0.902. The Balaban J connectivity index is 2.04. The number of nitrogens with zero attached hydrogens (tertiary/aromatic N) is 1. The van der Waals surface area contributed by atoms with Gasteiger partial charge in [-0.2, -0.15) is 0 Å². The summed E-state index contributed by atoms with van der Waals surface area (Å²) in [4.78, 5) is 2.24. The molecule has 0 saturated carbocycles. The zero-order chi connectivity index (χ0) is 13.2. The van der Waals surface area contributed by atoms with E-state index in [-0.39, 0.29) is 11.5 Å². The molecular formula is C15H23NO2. The van der Waals surface area contributed by atoms with Gasteiger partial charge in [0.1, 0.15) is 5.75 Å². The second-order valence-corrected chi connectivity index (χ2v) is 5.63. The van der Waals surface area contributed by atoms with Crippen LogP contribution in [-0.4, -0.2) is 30.9 Å². The second kappa shape index (κ2) is 5.19. The number of β-amino-alcohol motifs (C(OH)–C–C–N with tert-alkyl or cyclic N) is 1. The van der Waals surface area contributed by atoms with E-state index in [4.69, 9.17) is 4.74 Å². The van der Waals surface area contributed by atoms with Gasteiger partial charge in [0.2, 0.25) is 0 Å². The monoisotopic (exact) mass is 249 g/mol. The number of rotatable bonds is 3. The Bertz CT molecular complexity index is 386. The molecule has 18 heavy (non-hydrogen) atoms. The van der Waals surface area contributed by atoms with E-state index in [0.717, 1.165) is 24.4 Å². The van der Waals surface area contributed by atoms with E-state index in [1.54, 1.807) is 0 Å². The summed E-state index contributed by atoms with van der Waals surface area (Å²) in [7, 11) is 0. The maximum Gasteiger partial charge on any atom is 0.119 e. The predicted octanol–water partition coefficient (Wildman–Crippen LogP) is 2.68. The van der Waals surface area contributed by atoms with Gasteiger partial charge in [0.25, 0.3) is 0 Å². The summed E-state index contributed by atoms with van der Waals surface area (Å²) in [6.07, 6.45) is 0.749. The third-order valence-electron chi connectivity index (χ3n) is 3.83. The molecule has 1 aliphatic heterocycles. The Hall–Kier alpha value is -1.22. The highest BCUT2D eigenvalue weighted by atomic mass is 16.5. The van der Waals surface area contributed by atoms with Gasteiger partial charge in [-0.3, -0.25) is 0 Å². The highest BCUT2D eigenvalue weighted by Gasteiger charge is 2.34. The summed E-state index contributed by atoms with van der Waals surface area (Å²) in [5.41, 5.74) is 1.19. The van der Waals surface area contributed by atoms with E-state index in [9.17, 15) is 5.11 Å². The molecular weight excluding hydrogens is 226 g/mol. The first-order valence-corrected chi connectivity index (χ1v) is 6.69. The van der Waals surface area contributed by atoms with Crippen molar-refractivity contribution in [3.8, 4) is 5.75 Å². The zero-order valence-corrected chi connectivity index (χ0v) is 11.5. The van der Waals surface area contributed by atoms with Crippen molar-refractivity contribution in [1.29, 1.82) is 0 Å². The average molecular weight is 249 g/mol. The molecule has 0 bridgehead atoms. The Morgan fingerprint density at radius 3 is 2.56 bits per heavy atom. The van der Waals surface area contributed by atoms with Crippen molar-refractivity contribution in [3.05, 3.63) is 24.3 Å². The van der Waals surface area contributed by atoms with Gasteiger partial charge in [-0.25, -0.2) is 0 Å². The molecule has 1 saturated heterocycles. The van der Waals surface area contributed by atoms with Crippen LogP contribution in [0.15, 0.2) is 24.3 Å². The van der Waals surface area contributed by atoms with Gasteiger partial charge in [0.05, 0.1) is 12.7 Å². The molecule has 0 aliphatic carbocycles. The lowest BCUT2D eigenvalue weighted by Crippen LogP contribution is -2.48. The normalized spacial score (nSPS) is 22.9. The Kier molecular flexibility index (Phi) is 3.81. The van der Waals surface area contributed by atoms with E-state index in [0.29, 0.717) is 13.2 Å². The smallest absolute Gasteiger partial charge is 0.119 e. The number of ether oxygens (including phenoxy) is 1. The van der Waals surface area contributed by atoms with Crippen LogP contribution in [-0.2, 0) is 0 Å². The Morgan fingerprint density at radius 2 is 2.00 bits per heavy atom. The molecule has 3 nitrogen and oxygen atoms in total. The van der Waals surface area contributed by atoms with Crippen molar-refractivity contribution < 1.29 is 9.84 Å². The summed E-state index contributed by atoms with van der Waals surface area (Å²) in [5, 5.41) is 10.1. The number of aliphatic hydroxyl groups is 1. The molecule has 0 spiro atoms. The fourth-order valence-corrected chi connectivity index (χ4v) is 2.29. The number of hydrogen-bond acceptors (Lipinski definition) is 3. The lowest BCUT2D eigenvalue weighted by atomic mass is 9.80. The third kappa shape index (κ3) is 2.78. The number of hydrogen-bond donors (Lipinski definition) is 1. The van der Waals surface area contributed by atoms with E-state index in [2.05, 4.69) is 30.9 Å². The molecule has 1 aliphatic rings. The number of aliphatic hydroxyl groups excluding tert-OH is 1. The van der Waals surface area contributed by atoms with Gasteiger partial charge in [-0.1, -0.05) is 13.8 Å². The third-order valence-corrected chi connectivity index (χ3v) is 3.83. The zero-order valence-electron chi connectivity index (χ0n) is 11.5. The maximum absolute atomic E-state index is 10.1. The van der Waals surface area contributed by atoms with Crippen LogP contribution in [0.5, 0.6) is 5.75 Å². The van der Waals surface area contributed by atoms with Crippen LogP contribution < -0.4 is 9.64 Å². The molecule has 1 aromatic carbocycles. The van der Waals surface area contributed by atoms with E-state index in [1.165, 1.54) is 0 Å². The molecule has 1 aromatic rings. The number of piperidine rings is 1. The van der Waals surface area contributed by atoms with Crippen LogP contribution in [0.3, 0.4) is 0 Å². The van der Waals surface area contributed by atoms with E-state index < -0.39 is 0 Å². The first-order valence-electron chi connectivity index (χ1n) is 6.69. The van der Waals surface area contributed by atoms with E-state index >= 15 is 0 Å². The quantitative estimate of drug-likeness (QED) is 0.894. The van der Waals surface area contributed by atoms with Crippen LogP contribution in [0, 0.1) is 5.41 Å². The fourth-order valence-electron chi connectivity index (χ4n) is 2.29. The molecule has 1 N–H and O–H groups in total. The topological polar surface area (TPSA) is 32.7 Å². The minimum atomic E-state index is -0.266. The van der Waals surface area contributed by atoms with Crippen molar-refractivity contribution in [2.45, 2.75) is 33.3 Å². The number of benzene rings is 1. The second-order valence-electron chi connectivity index (χ2n) is 5.63. The molecule has 1 atom stereocenters. The van der Waals surface area contributed by atoms with Crippen LogP contribution in [0.1, 0.15) is 27.2 Å². The molecule has 1 unspecified atom stereocenters. The molecule has 100 valence electrons. The molecule has 0 amide bonds. The number of anilines is 1. The summed E-state index contributed by atoms with van der Waals surface area (Å²) >= 11 is 0. The Labute approximate surface area is 109 Å². The van der Waals surface area contributed by atoms with Crippen molar-refractivity contribution in [2.24, 2.45) is 5.41 Å². The molecule has 1 fully saturated rings.